The van der Waals surface area contributed by atoms with Gasteiger partial charge in [-0.1, -0.05) is 6.07 Å². The van der Waals surface area contributed by atoms with E-state index in [0.717, 1.165) is 31.3 Å². The van der Waals surface area contributed by atoms with Crippen molar-refractivity contribution in [2.45, 2.75) is 25.3 Å². The Morgan fingerprint density at radius 3 is 2.96 bits per heavy atom. The highest BCUT2D eigenvalue weighted by molar-refractivity contribution is 5.52. The molecule has 2 N–H and O–H groups in total. The molecule has 6 heteroatoms. The van der Waals surface area contributed by atoms with Crippen LogP contribution in [0.1, 0.15) is 30.0 Å². The van der Waals surface area contributed by atoms with E-state index in [4.69, 9.17) is 0 Å². The zero-order valence-corrected chi connectivity index (χ0v) is 14.1. The highest BCUT2D eigenvalue weighted by Crippen LogP contribution is 2.28. The van der Waals surface area contributed by atoms with Gasteiger partial charge in [-0.2, -0.15) is 0 Å². The van der Waals surface area contributed by atoms with E-state index in [1.54, 1.807) is 12.5 Å². The van der Waals surface area contributed by atoms with E-state index in [1.807, 2.05) is 30.6 Å². The van der Waals surface area contributed by atoms with E-state index in [0.29, 0.717) is 5.92 Å². The van der Waals surface area contributed by atoms with Crippen molar-refractivity contribution in [3.05, 3.63) is 66.5 Å². The van der Waals surface area contributed by atoms with Crippen molar-refractivity contribution in [2.24, 2.45) is 0 Å². The fourth-order valence-electron chi connectivity index (χ4n) is 3.42. The summed E-state index contributed by atoms with van der Waals surface area (Å²) in [5, 5.41) is 3.28. The Bertz CT molecular complexity index is 787. The number of hydrogen-bond acceptors (Lipinski definition) is 5. The van der Waals surface area contributed by atoms with Crippen LogP contribution < -0.4 is 5.32 Å². The molecule has 25 heavy (non-hydrogen) atoms. The van der Waals surface area contributed by atoms with Crippen LogP contribution in [0.5, 0.6) is 0 Å². The normalized spacial score (nSPS) is 18.2. The van der Waals surface area contributed by atoms with Crippen molar-refractivity contribution < 1.29 is 0 Å². The molecule has 0 radical (unpaired) electrons. The van der Waals surface area contributed by atoms with Crippen LogP contribution in [0.3, 0.4) is 0 Å². The second-order valence-electron chi connectivity index (χ2n) is 6.47. The van der Waals surface area contributed by atoms with Gasteiger partial charge in [-0.05, 0) is 55.1 Å². The maximum absolute atomic E-state index is 4.43. The second-order valence-corrected chi connectivity index (χ2v) is 6.47. The van der Waals surface area contributed by atoms with Gasteiger partial charge in [-0.25, -0.2) is 15.0 Å². The van der Waals surface area contributed by atoms with Gasteiger partial charge in [0, 0.05) is 37.4 Å². The van der Waals surface area contributed by atoms with Crippen LogP contribution in [0, 0.1) is 0 Å². The minimum atomic E-state index is 0.531. The molecule has 1 fully saturated rings. The summed E-state index contributed by atoms with van der Waals surface area (Å²) in [6.07, 6.45) is 9.74. The summed E-state index contributed by atoms with van der Waals surface area (Å²) in [6.45, 7) is 3.13. The van der Waals surface area contributed by atoms with Crippen molar-refractivity contribution in [2.75, 3.05) is 18.4 Å². The molecule has 0 spiro atoms. The van der Waals surface area contributed by atoms with E-state index in [9.17, 15) is 0 Å². The number of piperidine rings is 1. The molecule has 0 aliphatic carbocycles. The summed E-state index contributed by atoms with van der Waals surface area (Å²) in [7, 11) is 0. The van der Waals surface area contributed by atoms with Crippen LogP contribution >= 0.6 is 0 Å². The SMILES string of the molecule is c1ccc(Nc2cc(C3CCCN(Cc4cnc[nH]4)C3)ccn2)nc1. The maximum Gasteiger partial charge on any atom is 0.131 e. The molecule has 128 valence electrons. The lowest BCUT2D eigenvalue weighted by Crippen LogP contribution is -2.34. The molecule has 1 saturated heterocycles. The third-order valence-corrected chi connectivity index (χ3v) is 4.63. The highest BCUT2D eigenvalue weighted by Gasteiger charge is 2.22. The Labute approximate surface area is 147 Å². The van der Waals surface area contributed by atoms with Gasteiger partial charge in [0.05, 0.1) is 6.33 Å². The first-order valence-corrected chi connectivity index (χ1v) is 8.70. The van der Waals surface area contributed by atoms with Crippen LogP contribution in [-0.4, -0.2) is 37.9 Å². The van der Waals surface area contributed by atoms with Gasteiger partial charge in [0.1, 0.15) is 11.6 Å². The first-order chi connectivity index (χ1) is 12.4. The molecule has 1 atom stereocenters. The lowest BCUT2D eigenvalue weighted by Gasteiger charge is -2.32. The Kier molecular flexibility index (Phi) is 4.70. The van der Waals surface area contributed by atoms with E-state index >= 15 is 0 Å². The molecule has 0 saturated carbocycles. The van der Waals surface area contributed by atoms with Crippen molar-refractivity contribution in [1.82, 2.24) is 24.8 Å². The second kappa shape index (κ2) is 7.44. The third-order valence-electron chi connectivity index (χ3n) is 4.63. The summed E-state index contributed by atoms with van der Waals surface area (Å²) in [5.74, 6) is 2.20. The molecule has 3 aromatic rings. The Morgan fingerprint density at radius 2 is 2.12 bits per heavy atom. The van der Waals surface area contributed by atoms with E-state index in [1.165, 1.54) is 24.1 Å². The molecule has 4 rings (SSSR count). The minimum Gasteiger partial charge on any atom is -0.347 e. The fraction of sp³-hybridized carbons (Fsp3) is 0.316. The average Bonchev–Trinajstić information content (AvgIpc) is 3.16. The average molecular weight is 334 g/mol. The largest absolute Gasteiger partial charge is 0.347 e. The van der Waals surface area contributed by atoms with Crippen molar-refractivity contribution in [3.63, 3.8) is 0 Å². The number of H-pyrrole nitrogens is 1. The van der Waals surface area contributed by atoms with Gasteiger partial charge in [0.15, 0.2) is 0 Å². The number of nitrogens with zero attached hydrogens (tertiary/aromatic N) is 4. The first-order valence-electron chi connectivity index (χ1n) is 8.70. The zero-order valence-electron chi connectivity index (χ0n) is 14.1. The molecule has 1 aliphatic heterocycles. The number of aromatic amines is 1. The maximum atomic E-state index is 4.43. The van der Waals surface area contributed by atoms with E-state index in [2.05, 4.69) is 42.3 Å². The fourth-order valence-corrected chi connectivity index (χ4v) is 3.42. The van der Waals surface area contributed by atoms with Gasteiger partial charge < -0.3 is 10.3 Å². The van der Waals surface area contributed by atoms with Crippen molar-refractivity contribution in [3.8, 4) is 0 Å². The van der Waals surface area contributed by atoms with Gasteiger partial charge >= 0.3 is 0 Å². The third kappa shape index (κ3) is 4.03. The van der Waals surface area contributed by atoms with Crippen LogP contribution in [0.2, 0.25) is 0 Å². The summed E-state index contributed by atoms with van der Waals surface area (Å²) in [4.78, 5) is 18.5. The molecule has 1 unspecified atom stereocenters. The van der Waals surface area contributed by atoms with Crippen LogP contribution in [0.25, 0.3) is 0 Å². The molecule has 0 bridgehead atoms. The summed E-state index contributed by atoms with van der Waals surface area (Å²) >= 11 is 0. The number of aromatic nitrogens is 4. The van der Waals surface area contributed by atoms with Gasteiger partial charge in [-0.15, -0.1) is 0 Å². The number of imidazole rings is 1. The van der Waals surface area contributed by atoms with Crippen molar-refractivity contribution in [1.29, 1.82) is 0 Å². The van der Waals surface area contributed by atoms with Gasteiger partial charge in [-0.3, -0.25) is 4.90 Å². The van der Waals surface area contributed by atoms with Gasteiger partial charge in [0.25, 0.3) is 0 Å². The van der Waals surface area contributed by atoms with E-state index < -0.39 is 0 Å². The topological polar surface area (TPSA) is 69.7 Å². The number of nitrogens with one attached hydrogen (secondary N) is 2. The predicted molar refractivity (Wildman–Crippen MR) is 97.6 cm³/mol. The van der Waals surface area contributed by atoms with E-state index in [-0.39, 0.29) is 0 Å². The predicted octanol–water partition coefficient (Wildman–Crippen LogP) is 3.32. The quantitative estimate of drug-likeness (QED) is 0.749. The molecule has 4 heterocycles. The Hall–Kier alpha value is -2.73. The molecule has 0 amide bonds. The monoisotopic (exact) mass is 334 g/mol. The number of hydrogen-bond donors (Lipinski definition) is 2. The standard InChI is InChI=1S/C19H22N6/c1-2-7-21-18(5-1)24-19-10-15(6-8-22-19)16-4-3-9-25(12-16)13-17-11-20-14-23-17/h1-2,5-8,10-11,14,16H,3-4,9,12-13H2,(H,20,23)(H,21,22,24). The molecule has 1 aliphatic rings. The lowest BCUT2D eigenvalue weighted by molar-refractivity contribution is 0.198. The number of pyridine rings is 2. The van der Waals surface area contributed by atoms with Crippen LogP contribution in [0.15, 0.2) is 55.2 Å². The van der Waals surface area contributed by atoms with Crippen molar-refractivity contribution >= 4 is 11.6 Å². The van der Waals surface area contributed by atoms with Crippen LogP contribution in [0.4, 0.5) is 11.6 Å². The molecule has 0 aromatic carbocycles. The molecular weight excluding hydrogens is 312 g/mol. The highest BCUT2D eigenvalue weighted by atomic mass is 15.1. The first kappa shape index (κ1) is 15.8. The van der Waals surface area contributed by atoms with Crippen LogP contribution in [-0.2, 0) is 6.54 Å². The minimum absolute atomic E-state index is 0.531. The smallest absolute Gasteiger partial charge is 0.131 e. The Morgan fingerprint density at radius 1 is 1.16 bits per heavy atom. The Balaban J connectivity index is 1.44. The van der Waals surface area contributed by atoms with Gasteiger partial charge in [0.2, 0.25) is 0 Å². The summed E-state index contributed by atoms with van der Waals surface area (Å²) in [6, 6.07) is 10.1. The summed E-state index contributed by atoms with van der Waals surface area (Å²) in [5.41, 5.74) is 2.51. The number of anilines is 2. The molecule has 6 nitrogen and oxygen atoms in total. The summed E-state index contributed by atoms with van der Waals surface area (Å²) < 4.78 is 0. The number of rotatable bonds is 5. The molecular formula is C19H22N6. The molecule has 3 aromatic heterocycles. The number of likely N-dealkylation sites (tertiary alicyclic amines) is 1. The zero-order chi connectivity index (χ0) is 16.9. The lowest BCUT2D eigenvalue weighted by atomic mass is 9.91.